The first-order chi connectivity index (χ1) is 5.13. The summed E-state index contributed by atoms with van der Waals surface area (Å²) in [5.41, 5.74) is 0. The van der Waals surface area contributed by atoms with E-state index in [0.717, 1.165) is 6.42 Å². The lowest BCUT2D eigenvalue weighted by atomic mass is 9.83. The summed E-state index contributed by atoms with van der Waals surface area (Å²) in [4.78, 5) is 10.00. The van der Waals surface area contributed by atoms with E-state index in [4.69, 9.17) is 15.2 Å². The normalized spacial score (nSPS) is 8.15. The van der Waals surface area contributed by atoms with Gasteiger partial charge in [0, 0.05) is 6.42 Å². The smallest absolute Gasteiger partial charge is 0.451 e. The second-order valence-corrected chi connectivity index (χ2v) is 2.47. The largest absolute Gasteiger partial charge is 0.481 e. The van der Waals surface area contributed by atoms with Crippen LogP contribution < -0.4 is 0 Å². The molecule has 0 aliphatic heterocycles. The lowest BCUT2D eigenvalue weighted by Gasteiger charge is -1.97. The maximum absolute atomic E-state index is 10.00. The van der Waals surface area contributed by atoms with Crippen LogP contribution in [0.3, 0.4) is 0 Å². The van der Waals surface area contributed by atoms with E-state index in [-0.39, 0.29) is 31.2 Å². The number of aliphatic carboxylic acids is 1. The number of rotatable bonds is 6. The molecule has 0 rings (SSSR count). The van der Waals surface area contributed by atoms with Crippen molar-refractivity contribution in [3.63, 3.8) is 0 Å². The van der Waals surface area contributed by atoms with Crippen LogP contribution in [0.1, 0.15) is 25.7 Å². The topological polar surface area (TPSA) is 77.8 Å². The Bertz CT molecular complexity index is 123. The van der Waals surface area contributed by atoms with Crippen LogP contribution >= 0.6 is 24.8 Å². The summed E-state index contributed by atoms with van der Waals surface area (Å²) in [6.45, 7) is 0. The molecule has 80 valence electrons. The minimum Gasteiger partial charge on any atom is -0.481 e. The van der Waals surface area contributed by atoms with Crippen LogP contribution in [0.25, 0.3) is 0 Å². The molecule has 3 N–H and O–H groups in total. The van der Waals surface area contributed by atoms with Crippen molar-refractivity contribution in [2.45, 2.75) is 32.0 Å². The minimum absolute atomic E-state index is 0. The first kappa shape index (κ1) is 18.7. The fraction of sp³-hybridized carbons (Fsp3) is 0.833. The highest BCUT2D eigenvalue weighted by Gasteiger charge is 2.05. The second-order valence-electron chi connectivity index (χ2n) is 2.47. The van der Waals surface area contributed by atoms with Crippen molar-refractivity contribution >= 4 is 37.9 Å². The molecular formula is C6H15BCl2O4. The van der Waals surface area contributed by atoms with Gasteiger partial charge in [-0.15, -0.1) is 24.8 Å². The molecule has 0 bridgehead atoms. The maximum atomic E-state index is 10.00. The first-order valence-electron chi connectivity index (χ1n) is 3.71. The third kappa shape index (κ3) is 18.8. The Balaban J connectivity index is -0.000000500. The van der Waals surface area contributed by atoms with Gasteiger partial charge in [-0.2, -0.15) is 0 Å². The van der Waals surface area contributed by atoms with E-state index >= 15 is 0 Å². The Labute approximate surface area is 90.3 Å². The summed E-state index contributed by atoms with van der Waals surface area (Å²) in [7, 11) is -1.25. The Morgan fingerprint density at radius 1 is 1.08 bits per heavy atom. The van der Waals surface area contributed by atoms with Crippen LogP contribution in [0.2, 0.25) is 6.32 Å². The number of carboxylic acids is 1. The molecule has 0 spiro atoms. The average molecular weight is 233 g/mol. The molecule has 0 saturated carbocycles. The lowest BCUT2D eigenvalue weighted by Crippen LogP contribution is -2.09. The number of halogens is 2. The lowest BCUT2D eigenvalue weighted by molar-refractivity contribution is -0.137. The molecule has 0 saturated heterocycles. The standard InChI is InChI=1S/C6H13BO4.2ClH/c8-6(9)4-2-1-3-5-7(10)11;;/h10-11H,1-5H2,(H,8,9);2*1H. The quantitative estimate of drug-likeness (QED) is 0.471. The summed E-state index contributed by atoms with van der Waals surface area (Å²) in [5, 5.41) is 25.0. The van der Waals surface area contributed by atoms with Gasteiger partial charge in [-0.25, -0.2) is 0 Å². The molecular weight excluding hydrogens is 218 g/mol. The summed E-state index contributed by atoms with van der Waals surface area (Å²) < 4.78 is 0. The van der Waals surface area contributed by atoms with E-state index in [1.807, 2.05) is 0 Å². The van der Waals surface area contributed by atoms with Gasteiger partial charge < -0.3 is 15.2 Å². The minimum atomic E-state index is -1.25. The molecule has 0 aliphatic carbocycles. The molecule has 0 atom stereocenters. The SMILES string of the molecule is Cl.Cl.O=C(O)CCCCCB(O)O. The van der Waals surface area contributed by atoms with Gasteiger partial charge in [0.15, 0.2) is 0 Å². The number of unbranched alkanes of at least 4 members (excludes halogenated alkanes) is 2. The Kier molecular flexibility index (Phi) is 17.4. The van der Waals surface area contributed by atoms with E-state index in [9.17, 15) is 4.79 Å². The predicted molar refractivity (Wildman–Crippen MR) is 55.6 cm³/mol. The van der Waals surface area contributed by atoms with Crippen molar-refractivity contribution in [3.8, 4) is 0 Å². The summed E-state index contributed by atoms with van der Waals surface area (Å²) in [5.74, 6) is -0.797. The van der Waals surface area contributed by atoms with E-state index < -0.39 is 13.1 Å². The first-order valence-corrected chi connectivity index (χ1v) is 3.71. The molecule has 0 fully saturated rings. The van der Waals surface area contributed by atoms with Crippen LogP contribution in [-0.2, 0) is 4.79 Å². The van der Waals surface area contributed by atoms with E-state index in [1.54, 1.807) is 0 Å². The van der Waals surface area contributed by atoms with Crippen molar-refractivity contribution in [2.24, 2.45) is 0 Å². The third-order valence-electron chi connectivity index (χ3n) is 1.35. The molecule has 0 aliphatic rings. The fourth-order valence-corrected chi connectivity index (χ4v) is 0.780. The Morgan fingerprint density at radius 3 is 2.00 bits per heavy atom. The third-order valence-corrected chi connectivity index (χ3v) is 1.35. The van der Waals surface area contributed by atoms with Gasteiger partial charge in [0.2, 0.25) is 0 Å². The van der Waals surface area contributed by atoms with Crippen molar-refractivity contribution in [2.75, 3.05) is 0 Å². The van der Waals surface area contributed by atoms with Gasteiger partial charge in [-0.3, -0.25) is 4.79 Å². The molecule has 0 aromatic rings. The van der Waals surface area contributed by atoms with Crippen LogP contribution in [0.5, 0.6) is 0 Å². The highest BCUT2D eigenvalue weighted by molar-refractivity contribution is 6.40. The zero-order valence-electron chi connectivity index (χ0n) is 7.18. The summed E-state index contributed by atoms with van der Waals surface area (Å²) in [6.07, 6.45) is 2.53. The number of hydrogen-bond donors (Lipinski definition) is 3. The van der Waals surface area contributed by atoms with Crippen LogP contribution in [0.4, 0.5) is 0 Å². The number of hydrogen-bond acceptors (Lipinski definition) is 3. The molecule has 0 radical (unpaired) electrons. The van der Waals surface area contributed by atoms with Crippen molar-refractivity contribution < 1.29 is 19.9 Å². The van der Waals surface area contributed by atoms with Crippen LogP contribution in [0, 0.1) is 0 Å². The second kappa shape index (κ2) is 12.0. The molecule has 13 heavy (non-hydrogen) atoms. The monoisotopic (exact) mass is 232 g/mol. The van der Waals surface area contributed by atoms with Gasteiger partial charge in [0.1, 0.15) is 0 Å². The Hall–Kier alpha value is 0.0349. The van der Waals surface area contributed by atoms with Gasteiger partial charge in [-0.1, -0.05) is 12.8 Å². The molecule has 0 unspecified atom stereocenters. The number of carboxylic acid groups (broad SMARTS) is 1. The van der Waals surface area contributed by atoms with Crippen molar-refractivity contribution in [1.82, 2.24) is 0 Å². The van der Waals surface area contributed by atoms with Gasteiger partial charge in [-0.05, 0) is 12.7 Å². The zero-order chi connectivity index (χ0) is 8.69. The number of carbonyl (C=O) groups is 1. The van der Waals surface area contributed by atoms with Crippen molar-refractivity contribution in [1.29, 1.82) is 0 Å². The average Bonchev–Trinajstić information content (AvgIpc) is 1.85. The molecule has 0 aromatic heterocycles. The highest BCUT2D eigenvalue weighted by Crippen LogP contribution is 2.03. The molecule has 7 heteroatoms. The highest BCUT2D eigenvalue weighted by atomic mass is 35.5. The Morgan fingerprint density at radius 2 is 1.62 bits per heavy atom. The molecule has 0 aromatic carbocycles. The predicted octanol–water partition coefficient (Wildman–Crippen LogP) is 0.948. The van der Waals surface area contributed by atoms with E-state index in [2.05, 4.69) is 0 Å². The maximum Gasteiger partial charge on any atom is 0.451 e. The van der Waals surface area contributed by atoms with E-state index in [0.29, 0.717) is 19.2 Å². The van der Waals surface area contributed by atoms with Gasteiger partial charge >= 0.3 is 13.1 Å². The zero-order valence-corrected chi connectivity index (χ0v) is 8.81. The molecule has 4 nitrogen and oxygen atoms in total. The van der Waals surface area contributed by atoms with Crippen LogP contribution in [0.15, 0.2) is 0 Å². The van der Waals surface area contributed by atoms with Gasteiger partial charge in [0.05, 0.1) is 0 Å². The summed E-state index contributed by atoms with van der Waals surface area (Å²) >= 11 is 0. The summed E-state index contributed by atoms with van der Waals surface area (Å²) in [6, 6.07) is 0. The van der Waals surface area contributed by atoms with E-state index in [1.165, 1.54) is 0 Å². The fourth-order valence-electron chi connectivity index (χ4n) is 0.780. The molecule has 0 amide bonds. The van der Waals surface area contributed by atoms with Crippen molar-refractivity contribution in [3.05, 3.63) is 0 Å². The van der Waals surface area contributed by atoms with Crippen LogP contribution in [-0.4, -0.2) is 28.2 Å². The molecule has 0 heterocycles. The van der Waals surface area contributed by atoms with Gasteiger partial charge in [0.25, 0.3) is 0 Å².